The number of Topliss-reactive ketones (excluding diaryl/α,β-unsaturated/α-hetero) is 2. The van der Waals surface area contributed by atoms with E-state index in [9.17, 15) is 9.59 Å². The topological polar surface area (TPSA) is 50.3 Å². The number of aromatic nitrogens is 1. The second-order valence-electron chi connectivity index (χ2n) is 11.9. The molecule has 0 N–H and O–H groups in total. The van der Waals surface area contributed by atoms with Crippen LogP contribution in [0.1, 0.15) is 52.1 Å². The third kappa shape index (κ3) is 4.03. The van der Waals surface area contributed by atoms with Crippen molar-refractivity contribution in [3.8, 4) is 0 Å². The fourth-order valence-electron chi connectivity index (χ4n) is 6.76. The Morgan fingerprint density at radius 3 is 1.91 bits per heavy atom. The van der Waals surface area contributed by atoms with Gasteiger partial charge in [0.2, 0.25) is 0 Å². The molecule has 8 rings (SSSR count). The summed E-state index contributed by atoms with van der Waals surface area (Å²) >= 11 is 1.75. The van der Waals surface area contributed by atoms with E-state index in [-0.39, 0.29) is 22.2 Å². The molecule has 0 bridgehead atoms. The number of pyridine rings is 1. The summed E-state index contributed by atoms with van der Waals surface area (Å²) in [5.41, 5.74) is 6.99. The lowest BCUT2D eigenvalue weighted by atomic mass is 9.79. The van der Waals surface area contributed by atoms with Crippen LogP contribution in [0.25, 0.3) is 15.7 Å². The molecular weight excluding hydrogens is 548 g/mol. The van der Waals surface area contributed by atoms with Gasteiger partial charge in [-0.05, 0) is 70.8 Å². The third-order valence-corrected chi connectivity index (χ3v) is 10.3. The number of rotatable bonds is 4. The summed E-state index contributed by atoms with van der Waals surface area (Å²) in [6, 6.07) is 34.5. The second kappa shape index (κ2) is 9.65. The summed E-state index contributed by atoms with van der Waals surface area (Å²) in [4.78, 5) is 35.3. The van der Waals surface area contributed by atoms with Crippen molar-refractivity contribution in [2.45, 2.75) is 30.9 Å². The Morgan fingerprint density at radius 1 is 0.767 bits per heavy atom. The van der Waals surface area contributed by atoms with Crippen LogP contribution in [0.3, 0.4) is 0 Å². The van der Waals surface area contributed by atoms with Crippen molar-refractivity contribution in [2.75, 3.05) is 4.90 Å². The molecule has 0 saturated heterocycles. The van der Waals surface area contributed by atoms with E-state index in [0.29, 0.717) is 16.7 Å². The summed E-state index contributed by atoms with van der Waals surface area (Å²) < 4.78 is 0. The molecule has 0 saturated carbocycles. The lowest BCUT2D eigenvalue weighted by molar-refractivity contribution is 0.0988. The molecule has 208 valence electrons. The quantitative estimate of drug-likeness (QED) is 0.158. The van der Waals surface area contributed by atoms with Crippen LogP contribution < -0.4 is 4.90 Å². The van der Waals surface area contributed by atoms with E-state index in [1.54, 1.807) is 11.8 Å². The van der Waals surface area contributed by atoms with E-state index >= 15 is 0 Å². The van der Waals surface area contributed by atoms with E-state index in [1.165, 1.54) is 16.0 Å². The molecule has 0 amide bonds. The Labute approximate surface area is 254 Å². The predicted octanol–water partition coefficient (Wildman–Crippen LogP) is 9.22. The molecule has 0 fully saturated rings. The number of benzene rings is 4. The number of carbonyl (C=O) groups excluding carboxylic acids is 2. The average Bonchev–Trinajstić information content (AvgIpc) is 3.63. The van der Waals surface area contributed by atoms with Gasteiger partial charge in [0.05, 0.1) is 5.57 Å². The van der Waals surface area contributed by atoms with E-state index in [2.05, 4.69) is 49.1 Å². The van der Waals surface area contributed by atoms with Gasteiger partial charge in [0.25, 0.3) is 0 Å². The number of hydrogen-bond acceptors (Lipinski definition) is 5. The minimum atomic E-state index is -0.202. The highest BCUT2D eigenvalue weighted by Crippen LogP contribution is 2.59. The Morgan fingerprint density at radius 2 is 1.33 bits per heavy atom. The molecule has 1 aliphatic heterocycles. The maximum absolute atomic E-state index is 13.4. The summed E-state index contributed by atoms with van der Waals surface area (Å²) in [7, 11) is 0. The first-order chi connectivity index (χ1) is 20.9. The van der Waals surface area contributed by atoms with E-state index in [1.807, 2.05) is 85.1 Å². The van der Waals surface area contributed by atoms with Crippen LogP contribution in [-0.2, 0) is 5.41 Å². The van der Waals surface area contributed by atoms with Gasteiger partial charge >= 0.3 is 0 Å². The normalized spacial score (nSPS) is 18.2. The molecule has 0 radical (unpaired) electrons. The van der Waals surface area contributed by atoms with Gasteiger partial charge in [0.15, 0.2) is 11.6 Å². The van der Waals surface area contributed by atoms with Crippen molar-refractivity contribution in [1.29, 1.82) is 0 Å². The molecule has 1 atom stereocenters. The zero-order chi connectivity index (χ0) is 29.3. The van der Waals surface area contributed by atoms with Gasteiger partial charge in [0.1, 0.15) is 5.82 Å². The molecule has 0 spiro atoms. The van der Waals surface area contributed by atoms with E-state index in [0.717, 1.165) is 39.9 Å². The third-order valence-electron chi connectivity index (χ3n) is 8.99. The number of hydrogen-bond donors (Lipinski definition) is 0. The van der Waals surface area contributed by atoms with Crippen molar-refractivity contribution in [3.63, 3.8) is 0 Å². The molecule has 3 aliphatic rings. The van der Waals surface area contributed by atoms with Gasteiger partial charge in [-0.15, -0.1) is 11.8 Å². The number of allylic oxidation sites excluding steroid dienone is 2. The van der Waals surface area contributed by atoms with E-state index in [4.69, 9.17) is 4.98 Å². The van der Waals surface area contributed by atoms with Crippen molar-refractivity contribution in [3.05, 3.63) is 149 Å². The van der Waals surface area contributed by atoms with Crippen molar-refractivity contribution in [2.24, 2.45) is 0 Å². The largest absolute Gasteiger partial charge is 0.295 e. The maximum Gasteiger partial charge on any atom is 0.197 e. The van der Waals surface area contributed by atoms with Crippen molar-refractivity contribution >= 4 is 56.2 Å². The minimum absolute atomic E-state index is 0.0221. The lowest BCUT2D eigenvalue weighted by Gasteiger charge is -2.28. The van der Waals surface area contributed by atoms with Gasteiger partial charge in [0, 0.05) is 49.8 Å². The number of carbonyl (C=O) groups is 2. The van der Waals surface area contributed by atoms with Crippen LogP contribution in [-0.4, -0.2) is 21.8 Å². The van der Waals surface area contributed by atoms with Gasteiger partial charge in [-0.3, -0.25) is 14.5 Å². The molecule has 4 nitrogen and oxygen atoms in total. The number of para-hydroxylation sites is 2. The Bertz CT molecular complexity index is 1950. The summed E-state index contributed by atoms with van der Waals surface area (Å²) in [6.45, 7) is 4.55. The number of ketones is 2. The Hall–Kier alpha value is -4.74. The first kappa shape index (κ1) is 25.9. The van der Waals surface area contributed by atoms with Gasteiger partial charge in [-0.25, -0.2) is 4.98 Å². The number of fused-ring (bicyclic) bond motifs is 4. The highest BCUT2D eigenvalue weighted by atomic mass is 32.2. The average molecular weight is 577 g/mol. The van der Waals surface area contributed by atoms with Crippen LogP contribution in [0.15, 0.2) is 127 Å². The highest BCUT2D eigenvalue weighted by molar-refractivity contribution is 8.09. The van der Waals surface area contributed by atoms with Gasteiger partial charge in [-0.1, -0.05) is 80.6 Å². The van der Waals surface area contributed by atoms with Crippen molar-refractivity contribution < 1.29 is 9.59 Å². The Balaban J connectivity index is 1.12. The molecule has 1 unspecified atom stereocenters. The zero-order valence-electron chi connectivity index (χ0n) is 23.9. The molecule has 5 aromatic rings. The molecule has 5 heteroatoms. The predicted molar refractivity (Wildman–Crippen MR) is 176 cm³/mol. The first-order valence-corrected chi connectivity index (χ1v) is 15.4. The molecule has 2 aliphatic carbocycles. The van der Waals surface area contributed by atoms with Crippen LogP contribution >= 0.6 is 11.8 Å². The lowest BCUT2D eigenvalue weighted by Crippen LogP contribution is -2.20. The monoisotopic (exact) mass is 576 g/mol. The van der Waals surface area contributed by atoms with Crippen molar-refractivity contribution in [1.82, 2.24) is 4.98 Å². The minimum Gasteiger partial charge on any atom is -0.295 e. The SMILES string of the molecule is CC1(C)C2=C(SC(C=C3C(=O)c4cc5ccccc5cc4C3=O)C2)c2cnc(N(c3ccccc3)c3ccccc3)cc21. The fraction of sp³-hybridized carbons (Fsp3) is 0.132. The number of thioether (sulfide) groups is 1. The maximum atomic E-state index is 13.4. The smallest absolute Gasteiger partial charge is 0.197 e. The molecule has 2 heterocycles. The van der Waals surface area contributed by atoms with Crippen LogP contribution in [0.5, 0.6) is 0 Å². The standard InChI is InChI=1S/C38H28N2O2S/c1-38(2)32-21-34(40(25-13-5-3-6-14-25)26-15-7-4-8-16-26)39-22-31(32)37-33(38)20-27(43-37)19-30-35(41)28-17-23-11-9-10-12-24(23)18-29(28)36(30)42/h3-19,21-22,27H,20H2,1-2H3. The van der Waals surface area contributed by atoms with E-state index < -0.39 is 0 Å². The fourth-order valence-corrected chi connectivity index (χ4v) is 8.28. The number of nitrogens with zero attached hydrogens (tertiary/aromatic N) is 2. The van der Waals surface area contributed by atoms with Gasteiger partial charge in [-0.2, -0.15) is 0 Å². The Kier molecular flexibility index (Phi) is 5.82. The molecule has 1 aromatic heterocycles. The summed E-state index contributed by atoms with van der Waals surface area (Å²) in [5.74, 6) is 0.555. The summed E-state index contributed by atoms with van der Waals surface area (Å²) in [5, 5.41) is 1.97. The van der Waals surface area contributed by atoms with Crippen LogP contribution in [0, 0.1) is 0 Å². The summed E-state index contributed by atoms with van der Waals surface area (Å²) in [6.07, 6.45) is 4.71. The molecule has 43 heavy (non-hydrogen) atoms. The van der Waals surface area contributed by atoms with Gasteiger partial charge < -0.3 is 0 Å². The highest BCUT2D eigenvalue weighted by Gasteiger charge is 2.44. The zero-order valence-corrected chi connectivity index (χ0v) is 24.7. The van der Waals surface area contributed by atoms with Crippen LogP contribution in [0.4, 0.5) is 17.2 Å². The molecular formula is C38H28N2O2S. The van der Waals surface area contributed by atoms with Crippen LogP contribution in [0.2, 0.25) is 0 Å². The number of anilines is 3. The molecule has 4 aromatic carbocycles. The first-order valence-electron chi connectivity index (χ1n) is 14.6. The second-order valence-corrected chi connectivity index (χ2v) is 13.1.